The van der Waals surface area contributed by atoms with Crippen LogP contribution in [0.15, 0.2) is 36.4 Å². The molecule has 0 aromatic heterocycles. The molecule has 2 aromatic carbocycles. The molecule has 7 nitrogen and oxygen atoms in total. The van der Waals surface area contributed by atoms with Crippen molar-refractivity contribution in [3.63, 3.8) is 0 Å². The van der Waals surface area contributed by atoms with E-state index in [9.17, 15) is 14.0 Å². The molecule has 1 aliphatic heterocycles. The van der Waals surface area contributed by atoms with Crippen molar-refractivity contribution in [3.05, 3.63) is 53.3 Å². The van der Waals surface area contributed by atoms with Crippen LogP contribution in [0.1, 0.15) is 15.9 Å². The summed E-state index contributed by atoms with van der Waals surface area (Å²) in [6.45, 7) is 0.243. The molecule has 3 rings (SSSR count). The topological polar surface area (TPSA) is 83.1 Å². The van der Waals surface area contributed by atoms with Gasteiger partial charge in [-0.25, -0.2) is 9.18 Å². The summed E-state index contributed by atoms with van der Waals surface area (Å²) < 4.78 is 34.6. The largest absolute Gasteiger partial charge is 0.493 e. The third-order valence-electron chi connectivity index (χ3n) is 3.83. The SMILES string of the molecule is COc1cc(C(=O)OCC(=O)NCc2ccccc2F)cc2c1OCCO2. The summed E-state index contributed by atoms with van der Waals surface area (Å²) in [5.74, 6) is -0.553. The lowest BCUT2D eigenvalue weighted by Crippen LogP contribution is -2.28. The molecule has 0 fully saturated rings. The first-order chi connectivity index (χ1) is 13.1. The normalized spacial score (nSPS) is 12.2. The van der Waals surface area contributed by atoms with Crippen LogP contribution in [-0.2, 0) is 16.1 Å². The van der Waals surface area contributed by atoms with Gasteiger partial charge in [-0.2, -0.15) is 0 Å². The number of fused-ring (bicyclic) bond motifs is 1. The predicted octanol–water partition coefficient (Wildman–Crippen LogP) is 2.08. The van der Waals surface area contributed by atoms with Crippen LogP contribution in [0.2, 0.25) is 0 Å². The van der Waals surface area contributed by atoms with E-state index in [0.717, 1.165) is 0 Å². The Labute approximate surface area is 155 Å². The zero-order valence-electron chi connectivity index (χ0n) is 14.6. The molecule has 0 unspecified atom stereocenters. The van der Waals surface area contributed by atoms with Gasteiger partial charge in [-0.05, 0) is 18.2 Å². The van der Waals surface area contributed by atoms with Crippen LogP contribution in [0.3, 0.4) is 0 Å². The number of nitrogens with one attached hydrogen (secondary N) is 1. The van der Waals surface area contributed by atoms with Gasteiger partial charge in [-0.15, -0.1) is 0 Å². The van der Waals surface area contributed by atoms with E-state index in [1.165, 1.54) is 25.3 Å². The maximum atomic E-state index is 13.5. The minimum Gasteiger partial charge on any atom is -0.493 e. The third kappa shape index (κ3) is 4.46. The van der Waals surface area contributed by atoms with Gasteiger partial charge < -0.3 is 24.3 Å². The fourth-order valence-electron chi connectivity index (χ4n) is 2.49. The van der Waals surface area contributed by atoms with Crippen LogP contribution in [0.4, 0.5) is 4.39 Å². The predicted molar refractivity (Wildman–Crippen MR) is 92.5 cm³/mol. The Bertz CT molecular complexity index is 837. The van der Waals surface area contributed by atoms with Gasteiger partial charge in [0.25, 0.3) is 5.91 Å². The number of carbonyl (C=O) groups is 2. The number of carbonyl (C=O) groups excluding carboxylic acids is 2. The van der Waals surface area contributed by atoms with Gasteiger partial charge in [0.15, 0.2) is 18.1 Å². The highest BCUT2D eigenvalue weighted by atomic mass is 19.1. The number of hydrogen-bond acceptors (Lipinski definition) is 6. The van der Waals surface area contributed by atoms with Crippen LogP contribution in [0, 0.1) is 5.82 Å². The van der Waals surface area contributed by atoms with Crippen LogP contribution >= 0.6 is 0 Å². The summed E-state index contributed by atoms with van der Waals surface area (Å²) in [6.07, 6.45) is 0. The standard InChI is InChI=1S/C19H18FNO6/c1-24-15-8-13(9-16-18(15)26-7-6-25-16)19(23)27-11-17(22)21-10-12-4-2-3-5-14(12)20/h2-5,8-9H,6-7,10-11H2,1H3,(H,21,22). The molecule has 27 heavy (non-hydrogen) atoms. The number of ether oxygens (including phenoxy) is 4. The van der Waals surface area contributed by atoms with Crippen LogP contribution in [0.5, 0.6) is 17.2 Å². The molecule has 0 saturated heterocycles. The van der Waals surface area contributed by atoms with Crippen molar-refractivity contribution in [2.45, 2.75) is 6.54 Å². The molecule has 0 aliphatic carbocycles. The highest BCUT2D eigenvalue weighted by molar-refractivity contribution is 5.92. The maximum Gasteiger partial charge on any atom is 0.338 e. The molecule has 1 N–H and O–H groups in total. The first-order valence-electron chi connectivity index (χ1n) is 8.23. The van der Waals surface area contributed by atoms with E-state index in [0.29, 0.717) is 36.0 Å². The first kappa shape index (κ1) is 18.5. The van der Waals surface area contributed by atoms with Crippen molar-refractivity contribution in [1.82, 2.24) is 5.32 Å². The highest BCUT2D eigenvalue weighted by Gasteiger charge is 2.22. The lowest BCUT2D eigenvalue weighted by molar-refractivity contribution is -0.124. The van der Waals surface area contributed by atoms with Gasteiger partial charge in [0.1, 0.15) is 19.0 Å². The Morgan fingerprint density at radius 1 is 1.19 bits per heavy atom. The average Bonchev–Trinajstić information content (AvgIpc) is 2.70. The first-order valence-corrected chi connectivity index (χ1v) is 8.23. The van der Waals surface area contributed by atoms with E-state index in [4.69, 9.17) is 18.9 Å². The second-order valence-electron chi connectivity index (χ2n) is 5.65. The number of benzene rings is 2. The second-order valence-corrected chi connectivity index (χ2v) is 5.65. The van der Waals surface area contributed by atoms with Gasteiger partial charge in [-0.1, -0.05) is 18.2 Å². The summed E-state index contributed by atoms with van der Waals surface area (Å²) in [6, 6.07) is 9.01. The van der Waals surface area contributed by atoms with Crippen LogP contribution in [-0.4, -0.2) is 38.8 Å². The van der Waals surface area contributed by atoms with Crippen molar-refractivity contribution < 1.29 is 32.9 Å². The molecule has 2 aromatic rings. The molecular weight excluding hydrogens is 357 g/mol. The number of amides is 1. The van der Waals surface area contributed by atoms with Crippen LogP contribution in [0.25, 0.3) is 0 Å². The van der Waals surface area contributed by atoms with E-state index in [1.807, 2.05) is 0 Å². The van der Waals surface area contributed by atoms with Crippen molar-refractivity contribution in [3.8, 4) is 17.2 Å². The molecule has 0 bridgehead atoms. The molecule has 0 radical (unpaired) electrons. The number of methoxy groups -OCH3 is 1. The molecule has 142 valence electrons. The fourth-order valence-corrected chi connectivity index (χ4v) is 2.49. The average molecular weight is 375 g/mol. The fraction of sp³-hybridized carbons (Fsp3) is 0.263. The maximum absolute atomic E-state index is 13.5. The molecule has 1 heterocycles. The van der Waals surface area contributed by atoms with Gasteiger partial charge in [0.05, 0.1) is 12.7 Å². The molecule has 1 amide bonds. The number of rotatable bonds is 6. The Hall–Kier alpha value is -3.29. The monoisotopic (exact) mass is 375 g/mol. The minimum atomic E-state index is -0.716. The van der Waals surface area contributed by atoms with Crippen molar-refractivity contribution in [1.29, 1.82) is 0 Å². The van der Waals surface area contributed by atoms with E-state index in [2.05, 4.69) is 5.32 Å². The number of halogens is 1. The van der Waals surface area contributed by atoms with E-state index >= 15 is 0 Å². The number of hydrogen-bond donors (Lipinski definition) is 1. The summed E-state index contributed by atoms with van der Waals surface area (Å²) >= 11 is 0. The number of esters is 1. The van der Waals surface area contributed by atoms with Gasteiger partial charge >= 0.3 is 5.97 Å². The summed E-state index contributed by atoms with van der Waals surface area (Å²) in [7, 11) is 1.44. The molecule has 0 saturated carbocycles. The van der Waals surface area contributed by atoms with E-state index in [-0.39, 0.29) is 12.1 Å². The lowest BCUT2D eigenvalue weighted by Gasteiger charge is -2.21. The molecule has 0 spiro atoms. The lowest BCUT2D eigenvalue weighted by atomic mass is 10.1. The van der Waals surface area contributed by atoms with Gasteiger partial charge in [0, 0.05) is 12.1 Å². The molecule has 1 aliphatic rings. The zero-order chi connectivity index (χ0) is 19.2. The summed E-state index contributed by atoms with van der Waals surface area (Å²) in [5.41, 5.74) is 0.506. The summed E-state index contributed by atoms with van der Waals surface area (Å²) in [4.78, 5) is 24.1. The van der Waals surface area contributed by atoms with Gasteiger partial charge in [0.2, 0.25) is 5.75 Å². The van der Waals surface area contributed by atoms with E-state index < -0.39 is 24.3 Å². The van der Waals surface area contributed by atoms with Crippen LogP contribution < -0.4 is 19.5 Å². The molecular formula is C19H18FNO6. The second kappa shape index (κ2) is 8.39. The molecule has 8 heteroatoms. The smallest absolute Gasteiger partial charge is 0.338 e. The Kier molecular flexibility index (Phi) is 5.75. The third-order valence-corrected chi connectivity index (χ3v) is 3.83. The molecule has 0 atom stereocenters. The van der Waals surface area contributed by atoms with Gasteiger partial charge in [-0.3, -0.25) is 4.79 Å². The Balaban J connectivity index is 1.57. The summed E-state index contributed by atoms with van der Waals surface area (Å²) in [5, 5.41) is 2.49. The van der Waals surface area contributed by atoms with Crippen molar-refractivity contribution in [2.24, 2.45) is 0 Å². The Morgan fingerprint density at radius 2 is 1.96 bits per heavy atom. The minimum absolute atomic E-state index is 0.000897. The van der Waals surface area contributed by atoms with E-state index in [1.54, 1.807) is 18.2 Å². The zero-order valence-corrected chi connectivity index (χ0v) is 14.6. The van der Waals surface area contributed by atoms with Crippen molar-refractivity contribution in [2.75, 3.05) is 26.9 Å². The highest BCUT2D eigenvalue weighted by Crippen LogP contribution is 2.40. The van der Waals surface area contributed by atoms with Crippen molar-refractivity contribution >= 4 is 11.9 Å². The Morgan fingerprint density at radius 3 is 2.74 bits per heavy atom. The quantitative estimate of drug-likeness (QED) is 0.779.